The molecular formula is C28H16BrNS. The van der Waals surface area contributed by atoms with Gasteiger partial charge in [0, 0.05) is 41.1 Å². The molecule has 0 radical (unpaired) electrons. The molecule has 0 N–H and O–H groups in total. The average Bonchev–Trinajstić information content (AvgIpc) is 3.33. The van der Waals surface area contributed by atoms with E-state index >= 15 is 0 Å². The molecule has 3 heteroatoms. The molecule has 1 nitrogen and oxygen atoms in total. The number of para-hydroxylation sites is 1. The van der Waals surface area contributed by atoms with Gasteiger partial charge in [0.15, 0.2) is 0 Å². The third kappa shape index (κ3) is 2.48. The van der Waals surface area contributed by atoms with Gasteiger partial charge in [0.05, 0.1) is 11.0 Å². The first kappa shape index (κ1) is 17.5. The predicted octanol–water partition coefficient (Wildman–Crippen LogP) is 9.07. The summed E-state index contributed by atoms with van der Waals surface area (Å²) in [6.45, 7) is 0. The quantitative estimate of drug-likeness (QED) is 0.222. The number of nitrogens with zero attached hydrogens (tertiary/aromatic N) is 1. The van der Waals surface area contributed by atoms with E-state index in [0.717, 1.165) is 4.47 Å². The van der Waals surface area contributed by atoms with Gasteiger partial charge in [0.25, 0.3) is 0 Å². The first-order chi connectivity index (χ1) is 15.3. The molecule has 2 heterocycles. The number of halogens is 1. The van der Waals surface area contributed by atoms with Crippen LogP contribution in [0.1, 0.15) is 0 Å². The highest BCUT2D eigenvalue weighted by Gasteiger charge is 2.16. The fourth-order valence-electron chi connectivity index (χ4n) is 4.89. The molecule has 0 saturated carbocycles. The minimum absolute atomic E-state index is 1.10. The lowest BCUT2D eigenvalue weighted by atomic mass is 10.0. The molecule has 0 aliphatic rings. The summed E-state index contributed by atoms with van der Waals surface area (Å²) < 4.78 is 6.19. The molecule has 0 spiro atoms. The highest BCUT2D eigenvalue weighted by molar-refractivity contribution is 9.10. The molecule has 7 rings (SSSR count). The largest absolute Gasteiger partial charge is 0.309 e. The van der Waals surface area contributed by atoms with Gasteiger partial charge < -0.3 is 4.57 Å². The van der Waals surface area contributed by atoms with E-state index in [0.29, 0.717) is 0 Å². The van der Waals surface area contributed by atoms with Crippen molar-refractivity contribution in [3.05, 3.63) is 102 Å². The van der Waals surface area contributed by atoms with Crippen molar-refractivity contribution >= 4 is 80.0 Å². The normalized spacial score (nSPS) is 12.0. The van der Waals surface area contributed by atoms with Crippen molar-refractivity contribution < 1.29 is 0 Å². The number of thiophene rings is 1. The standard InChI is InChI=1S/C28H16BrNS/c29-18-11-12-24-23(15-18)22-14-17-10-13-27-28(20-8-4-5-9-26(20)31-27)21(17)16-25(22)30(24)19-6-2-1-3-7-19/h1-16H. The van der Waals surface area contributed by atoms with Gasteiger partial charge in [-0.3, -0.25) is 0 Å². The minimum Gasteiger partial charge on any atom is -0.309 e. The number of rotatable bonds is 1. The van der Waals surface area contributed by atoms with Crippen molar-refractivity contribution in [2.24, 2.45) is 0 Å². The van der Waals surface area contributed by atoms with Crippen LogP contribution in [0.25, 0.3) is 58.4 Å². The summed E-state index contributed by atoms with van der Waals surface area (Å²) in [5.41, 5.74) is 3.66. The Bertz CT molecular complexity index is 1790. The molecule has 0 aliphatic carbocycles. The van der Waals surface area contributed by atoms with Crippen LogP contribution in [-0.2, 0) is 0 Å². The number of benzene rings is 5. The maximum Gasteiger partial charge on any atom is 0.0547 e. The Balaban J connectivity index is 1.73. The van der Waals surface area contributed by atoms with Gasteiger partial charge in [-0.1, -0.05) is 58.4 Å². The Morgan fingerprint density at radius 2 is 1.39 bits per heavy atom. The SMILES string of the molecule is Brc1ccc2c(c1)c1cc3ccc4sc5ccccc5c4c3cc1n2-c1ccccc1. The van der Waals surface area contributed by atoms with Crippen molar-refractivity contribution in [1.82, 2.24) is 4.57 Å². The zero-order valence-electron chi connectivity index (χ0n) is 16.5. The van der Waals surface area contributed by atoms with Crippen molar-refractivity contribution in [3.8, 4) is 5.69 Å². The molecule has 0 aliphatic heterocycles. The molecule has 0 saturated heterocycles. The minimum atomic E-state index is 1.10. The Labute approximate surface area is 191 Å². The number of hydrogen-bond donors (Lipinski definition) is 0. The first-order valence-electron chi connectivity index (χ1n) is 10.3. The van der Waals surface area contributed by atoms with E-state index in [4.69, 9.17) is 0 Å². The van der Waals surface area contributed by atoms with Crippen LogP contribution in [0.4, 0.5) is 0 Å². The van der Waals surface area contributed by atoms with Crippen LogP contribution in [-0.4, -0.2) is 4.57 Å². The third-order valence-corrected chi connectivity index (χ3v) is 7.85. The summed E-state index contributed by atoms with van der Waals surface area (Å²) in [5.74, 6) is 0. The molecule has 146 valence electrons. The second kappa shape index (κ2) is 6.43. The molecule has 0 fully saturated rings. The van der Waals surface area contributed by atoms with Gasteiger partial charge in [-0.15, -0.1) is 11.3 Å². The van der Waals surface area contributed by atoms with Crippen molar-refractivity contribution in [3.63, 3.8) is 0 Å². The van der Waals surface area contributed by atoms with Crippen LogP contribution in [0.5, 0.6) is 0 Å². The van der Waals surface area contributed by atoms with Gasteiger partial charge in [-0.2, -0.15) is 0 Å². The van der Waals surface area contributed by atoms with Crippen molar-refractivity contribution in [2.75, 3.05) is 0 Å². The summed E-state index contributed by atoms with van der Waals surface area (Å²) in [6.07, 6.45) is 0. The Morgan fingerprint density at radius 1 is 0.581 bits per heavy atom. The van der Waals surface area contributed by atoms with Gasteiger partial charge in [0.2, 0.25) is 0 Å². The maximum absolute atomic E-state index is 3.68. The number of hydrogen-bond acceptors (Lipinski definition) is 1. The topological polar surface area (TPSA) is 4.93 Å². The van der Waals surface area contributed by atoms with Crippen LogP contribution in [0.2, 0.25) is 0 Å². The molecule has 31 heavy (non-hydrogen) atoms. The van der Waals surface area contributed by atoms with E-state index in [-0.39, 0.29) is 0 Å². The third-order valence-electron chi connectivity index (χ3n) is 6.22. The van der Waals surface area contributed by atoms with Crippen LogP contribution < -0.4 is 0 Å². The maximum atomic E-state index is 3.68. The van der Waals surface area contributed by atoms with Gasteiger partial charge >= 0.3 is 0 Å². The van der Waals surface area contributed by atoms with Crippen LogP contribution >= 0.6 is 27.3 Å². The van der Waals surface area contributed by atoms with Crippen LogP contribution in [0.3, 0.4) is 0 Å². The van der Waals surface area contributed by atoms with Crippen LogP contribution in [0.15, 0.2) is 102 Å². The van der Waals surface area contributed by atoms with E-state index in [1.165, 1.54) is 58.4 Å². The molecule has 0 amide bonds. The van der Waals surface area contributed by atoms with Gasteiger partial charge in [0.1, 0.15) is 0 Å². The second-order valence-corrected chi connectivity index (χ2v) is 9.96. The van der Waals surface area contributed by atoms with Crippen molar-refractivity contribution in [2.45, 2.75) is 0 Å². The lowest BCUT2D eigenvalue weighted by molar-refractivity contribution is 1.18. The van der Waals surface area contributed by atoms with E-state index in [2.05, 4.69) is 118 Å². The zero-order valence-corrected chi connectivity index (χ0v) is 18.9. The van der Waals surface area contributed by atoms with Crippen molar-refractivity contribution in [1.29, 1.82) is 0 Å². The van der Waals surface area contributed by atoms with E-state index in [9.17, 15) is 0 Å². The summed E-state index contributed by atoms with van der Waals surface area (Å²) in [6, 6.07) is 35.3. The highest BCUT2D eigenvalue weighted by atomic mass is 79.9. The fraction of sp³-hybridized carbons (Fsp3) is 0. The lowest BCUT2D eigenvalue weighted by Crippen LogP contribution is -1.93. The highest BCUT2D eigenvalue weighted by Crippen LogP contribution is 2.42. The molecule has 7 aromatic rings. The smallest absolute Gasteiger partial charge is 0.0547 e. The zero-order chi connectivity index (χ0) is 20.5. The molecule has 5 aromatic carbocycles. The number of fused-ring (bicyclic) bond motifs is 8. The molecule has 2 aromatic heterocycles. The van der Waals surface area contributed by atoms with Gasteiger partial charge in [-0.25, -0.2) is 0 Å². The summed E-state index contributed by atoms with van der Waals surface area (Å²) in [4.78, 5) is 0. The monoisotopic (exact) mass is 477 g/mol. The lowest BCUT2D eigenvalue weighted by Gasteiger charge is -2.09. The molecule has 0 unspecified atom stereocenters. The number of aromatic nitrogens is 1. The molecule has 0 bridgehead atoms. The first-order valence-corrected chi connectivity index (χ1v) is 11.9. The molecule has 0 atom stereocenters. The van der Waals surface area contributed by atoms with Gasteiger partial charge in [-0.05, 0) is 65.4 Å². The predicted molar refractivity (Wildman–Crippen MR) is 139 cm³/mol. The molecular weight excluding hydrogens is 462 g/mol. The average molecular weight is 478 g/mol. The Kier molecular flexibility index (Phi) is 3.64. The summed E-state index contributed by atoms with van der Waals surface area (Å²) in [5, 5.41) is 7.87. The van der Waals surface area contributed by atoms with E-state index in [1.54, 1.807) is 0 Å². The fourth-order valence-corrected chi connectivity index (χ4v) is 6.37. The van der Waals surface area contributed by atoms with Crippen LogP contribution in [0, 0.1) is 0 Å². The summed E-state index contributed by atoms with van der Waals surface area (Å²) >= 11 is 5.56. The Hall–Kier alpha value is -3.14. The second-order valence-electron chi connectivity index (χ2n) is 7.96. The van der Waals surface area contributed by atoms with E-state index in [1.807, 2.05) is 11.3 Å². The summed E-state index contributed by atoms with van der Waals surface area (Å²) in [7, 11) is 0. The Morgan fingerprint density at radius 3 is 2.29 bits per heavy atom. The van der Waals surface area contributed by atoms with E-state index < -0.39 is 0 Å².